The van der Waals surface area contributed by atoms with Crippen molar-refractivity contribution in [1.29, 1.82) is 0 Å². The fourth-order valence-corrected chi connectivity index (χ4v) is 0.964. The normalized spacial score (nSPS) is 12.8. The average Bonchev–Trinajstić information content (AvgIpc) is 2.13. The number of carbonyl (C=O) groups is 3. The quantitative estimate of drug-likeness (QED) is 0.453. The number of hydrogen-bond acceptors (Lipinski definition) is 4. The van der Waals surface area contributed by atoms with Gasteiger partial charge in [-0.15, -0.1) is 0 Å². The van der Waals surface area contributed by atoms with Crippen LogP contribution in [0.1, 0.15) is 6.42 Å². The third-order valence-corrected chi connectivity index (χ3v) is 1.65. The number of nitrogens with one attached hydrogen (secondary N) is 2. The van der Waals surface area contributed by atoms with Crippen LogP contribution in [0.4, 0.5) is 13.2 Å². The Hall–Kier alpha value is -1.84. The molecule has 0 saturated heterocycles. The Morgan fingerprint density at radius 2 is 1.83 bits per heavy atom. The van der Waals surface area contributed by atoms with E-state index in [1.807, 2.05) is 5.32 Å². The first-order chi connectivity index (χ1) is 8.11. The van der Waals surface area contributed by atoms with Crippen molar-refractivity contribution in [3.05, 3.63) is 0 Å². The van der Waals surface area contributed by atoms with Gasteiger partial charge in [0.1, 0.15) is 6.04 Å². The minimum Gasteiger partial charge on any atom is -0.480 e. The van der Waals surface area contributed by atoms with Crippen LogP contribution in [-0.4, -0.2) is 48.2 Å². The smallest absolute Gasteiger partial charge is 0.401 e. The van der Waals surface area contributed by atoms with Gasteiger partial charge in [0.05, 0.1) is 19.5 Å². The molecule has 10 heteroatoms. The van der Waals surface area contributed by atoms with Gasteiger partial charge in [-0.25, -0.2) is 4.79 Å². The summed E-state index contributed by atoms with van der Waals surface area (Å²) in [6.07, 6.45) is -5.11. The molecule has 0 aliphatic heterocycles. The molecule has 0 heterocycles. The van der Waals surface area contributed by atoms with Gasteiger partial charge >= 0.3 is 12.1 Å². The minimum absolute atomic E-state index is 0.639. The molecular formula is C8H12F3N3O4. The summed E-state index contributed by atoms with van der Waals surface area (Å²) in [6, 6.07) is -1.55. The fraction of sp³-hybridized carbons (Fsp3) is 0.625. The largest absolute Gasteiger partial charge is 0.480 e. The Balaban J connectivity index is 4.11. The van der Waals surface area contributed by atoms with E-state index in [1.165, 1.54) is 0 Å². The van der Waals surface area contributed by atoms with Gasteiger partial charge in [-0.3, -0.25) is 9.59 Å². The van der Waals surface area contributed by atoms with Crippen LogP contribution in [0.25, 0.3) is 0 Å². The second kappa shape index (κ2) is 6.79. The van der Waals surface area contributed by atoms with Gasteiger partial charge in [-0.1, -0.05) is 0 Å². The molecule has 0 aromatic heterocycles. The van der Waals surface area contributed by atoms with Crippen LogP contribution in [0.5, 0.6) is 0 Å². The molecule has 0 aliphatic rings. The number of carboxylic acid groups (broad SMARTS) is 1. The highest BCUT2D eigenvalue weighted by atomic mass is 19.4. The third kappa shape index (κ3) is 8.33. The number of amides is 2. The van der Waals surface area contributed by atoms with Crippen molar-refractivity contribution in [2.24, 2.45) is 5.73 Å². The van der Waals surface area contributed by atoms with E-state index in [2.05, 4.69) is 0 Å². The molecule has 18 heavy (non-hydrogen) atoms. The van der Waals surface area contributed by atoms with Crippen LogP contribution in [0.3, 0.4) is 0 Å². The second-order valence-electron chi connectivity index (χ2n) is 3.35. The van der Waals surface area contributed by atoms with E-state index in [0.29, 0.717) is 0 Å². The third-order valence-electron chi connectivity index (χ3n) is 1.65. The molecule has 7 nitrogen and oxygen atoms in total. The van der Waals surface area contributed by atoms with Gasteiger partial charge < -0.3 is 21.5 Å². The molecule has 0 rings (SSSR count). The van der Waals surface area contributed by atoms with Crippen molar-refractivity contribution in [1.82, 2.24) is 10.6 Å². The lowest BCUT2D eigenvalue weighted by Crippen LogP contribution is -2.47. The number of carbonyl (C=O) groups excluding carboxylic acids is 2. The second-order valence-corrected chi connectivity index (χ2v) is 3.35. The summed E-state index contributed by atoms with van der Waals surface area (Å²) < 4.78 is 35.2. The number of rotatable bonds is 7. The average molecular weight is 271 g/mol. The molecule has 0 aromatic rings. The number of alkyl halides is 3. The summed E-state index contributed by atoms with van der Waals surface area (Å²) >= 11 is 0. The fourth-order valence-electron chi connectivity index (χ4n) is 0.964. The molecule has 104 valence electrons. The van der Waals surface area contributed by atoms with Crippen molar-refractivity contribution in [3.63, 3.8) is 0 Å². The highest BCUT2D eigenvalue weighted by molar-refractivity contribution is 5.88. The molecule has 0 fully saturated rings. The maximum absolute atomic E-state index is 11.7. The molecule has 0 aliphatic carbocycles. The van der Waals surface area contributed by atoms with Crippen molar-refractivity contribution in [3.8, 4) is 0 Å². The number of halogens is 3. The van der Waals surface area contributed by atoms with Gasteiger partial charge in [0.25, 0.3) is 0 Å². The first-order valence-corrected chi connectivity index (χ1v) is 4.69. The summed E-state index contributed by atoms with van der Waals surface area (Å²) in [7, 11) is 0. The molecule has 0 spiro atoms. The zero-order chi connectivity index (χ0) is 14.3. The van der Waals surface area contributed by atoms with E-state index in [9.17, 15) is 27.6 Å². The van der Waals surface area contributed by atoms with Crippen molar-refractivity contribution in [2.45, 2.75) is 18.6 Å². The van der Waals surface area contributed by atoms with E-state index in [0.717, 1.165) is 0 Å². The van der Waals surface area contributed by atoms with Crippen molar-refractivity contribution < 1.29 is 32.7 Å². The lowest BCUT2D eigenvalue weighted by molar-refractivity contribution is -0.143. The van der Waals surface area contributed by atoms with Gasteiger partial charge in [0, 0.05) is 0 Å². The maximum atomic E-state index is 11.7. The van der Waals surface area contributed by atoms with E-state index in [4.69, 9.17) is 10.8 Å². The number of nitrogens with two attached hydrogens (primary N) is 1. The lowest BCUT2D eigenvalue weighted by Gasteiger charge is -2.13. The molecule has 0 unspecified atom stereocenters. The SMILES string of the molecule is NC(=O)C[C@@H](NC(=O)CNCC(F)(F)F)C(=O)O. The molecule has 0 bridgehead atoms. The standard InChI is InChI=1S/C8H12F3N3O4/c9-8(10,11)3-13-2-6(16)14-4(7(17)18)1-5(12)15/h4,13H,1-3H2,(H2,12,15)(H,14,16)(H,17,18)/t4-/m1/s1. The topological polar surface area (TPSA) is 122 Å². The van der Waals surface area contributed by atoms with Gasteiger partial charge in [-0.05, 0) is 0 Å². The minimum atomic E-state index is -4.47. The summed E-state index contributed by atoms with van der Waals surface area (Å²) in [6.45, 7) is -2.10. The van der Waals surface area contributed by atoms with Crippen molar-refractivity contribution in [2.75, 3.05) is 13.1 Å². The van der Waals surface area contributed by atoms with Crippen LogP contribution in [-0.2, 0) is 14.4 Å². The van der Waals surface area contributed by atoms with E-state index >= 15 is 0 Å². The maximum Gasteiger partial charge on any atom is 0.401 e. The molecule has 5 N–H and O–H groups in total. The molecular weight excluding hydrogens is 259 g/mol. The molecule has 1 atom stereocenters. The number of hydrogen-bond donors (Lipinski definition) is 4. The Morgan fingerprint density at radius 1 is 1.28 bits per heavy atom. The predicted octanol–water partition coefficient (Wildman–Crippen LogP) is -1.42. The number of aliphatic carboxylic acids is 1. The lowest BCUT2D eigenvalue weighted by atomic mass is 10.2. The van der Waals surface area contributed by atoms with E-state index in [1.54, 1.807) is 5.32 Å². The Labute approximate surface area is 99.5 Å². The summed E-state index contributed by atoms with van der Waals surface area (Å²) in [4.78, 5) is 32.1. The number of carboxylic acids is 1. The van der Waals surface area contributed by atoms with Crippen LogP contribution in [0, 0.1) is 0 Å². The van der Waals surface area contributed by atoms with Gasteiger partial charge in [0.15, 0.2) is 0 Å². The molecule has 0 aromatic carbocycles. The predicted molar refractivity (Wildman–Crippen MR) is 52.3 cm³/mol. The van der Waals surface area contributed by atoms with Crippen molar-refractivity contribution >= 4 is 17.8 Å². The highest BCUT2D eigenvalue weighted by Crippen LogP contribution is 2.11. The Bertz CT molecular complexity index is 332. The first kappa shape index (κ1) is 16.2. The van der Waals surface area contributed by atoms with Crippen LogP contribution < -0.4 is 16.4 Å². The zero-order valence-corrected chi connectivity index (χ0v) is 9.08. The van der Waals surface area contributed by atoms with E-state index < -0.39 is 49.5 Å². The Kier molecular flexibility index (Phi) is 6.09. The number of primary amides is 1. The van der Waals surface area contributed by atoms with Gasteiger partial charge in [-0.2, -0.15) is 13.2 Å². The summed E-state index contributed by atoms with van der Waals surface area (Å²) in [5.74, 6) is -3.43. The Morgan fingerprint density at radius 3 is 2.22 bits per heavy atom. The van der Waals surface area contributed by atoms with Crippen LogP contribution >= 0.6 is 0 Å². The summed E-state index contributed by atoms with van der Waals surface area (Å²) in [5.41, 5.74) is 4.75. The highest BCUT2D eigenvalue weighted by Gasteiger charge is 2.27. The first-order valence-electron chi connectivity index (χ1n) is 4.69. The van der Waals surface area contributed by atoms with Crippen LogP contribution in [0.15, 0.2) is 0 Å². The molecule has 0 radical (unpaired) electrons. The van der Waals surface area contributed by atoms with E-state index in [-0.39, 0.29) is 0 Å². The molecule has 2 amide bonds. The zero-order valence-electron chi connectivity index (χ0n) is 9.08. The molecule has 0 saturated carbocycles. The summed E-state index contributed by atoms with van der Waals surface area (Å²) in [5, 5.41) is 12.2. The van der Waals surface area contributed by atoms with Gasteiger partial charge in [0.2, 0.25) is 11.8 Å². The monoisotopic (exact) mass is 271 g/mol. The van der Waals surface area contributed by atoms with Crippen LogP contribution in [0.2, 0.25) is 0 Å².